The van der Waals surface area contributed by atoms with Crippen molar-refractivity contribution in [3.63, 3.8) is 0 Å². The van der Waals surface area contributed by atoms with E-state index in [-0.39, 0.29) is 5.56 Å². The summed E-state index contributed by atoms with van der Waals surface area (Å²) in [5.41, 5.74) is -0.0227. The van der Waals surface area contributed by atoms with Crippen molar-refractivity contribution in [1.29, 1.82) is 0 Å². The summed E-state index contributed by atoms with van der Waals surface area (Å²) in [6.45, 7) is 1.39. The van der Waals surface area contributed by atoms with Gasteiger partial charge in [0.15, 0.2) is 0 Å². The van der Waals surface area contributed by atoms with Crippen LogP contribution in [0.3, 0.4) is 0 Å². The Morgan fingerprint density at radius 2 is 2.22 bits per heavy atom. The highest BCUT2D eigenvalue weighted by molar-refractivity contribution is 9.09. The lowest BCUT2D eigenvalue weighted by Gasteiger charge is -2.17. The van der Waals surface area contributed by atoms with E-state index in [1.807, 2.05) is 0 Å². The van der Waals surface area contributed by atoms with Gasteiger partial charge in [-0.15, -0.1) is 0 Å². The van der Waals surface area contributed by atoms with Crippen LogP contribution in [-0.4, -0.2) is 42.9 Å². The number of rotatable bonds is 6. The highest BCUT2D eigenvalue weighted by Crippen LogP contribution is 2.16. The molecule has 100 valence electrons. The van der Waals surface area contributed by atoms with E-state index >= 15 is 0 Å². The molecule has 0 saturated heterocycles. The average Bonchev–Trinajstić information content (AvgIpc) is 2.36. The summed E-state index contributed by atoms with van der Waals surface area (Å²) in [4.78, 5) is 13.3. The fraction of sp³-hybridized carbons (Fsp3) is 0.417. The maximum Gasteiger partial charge on any atom is 0.256 e. The van der Waals surface area contributed by atoms with Gasteiger partial charge >= 0.3 is 0 Å². The molecule has 0 spiro atoms. The summed E-state index contributed by atoms with van der Waals surface area (Å²) in [7, 11) is 1.60. The van der Waals surface area contributed by atoms with Crippen molar-refractivity contribution < 1.29 is 13.9 Å². The van der Waals surface area contributed by atoms with Gasteiger partial charge in [0, 0.05) is 23.9 Å². The SMILES string of the molecule is CN(CCOCCBr)C(=O)c1cc(Cl)ccc1F. The first kappa shape index (κ1) is 15.4. The largest absolute Gasteiger partial charge is 0.379 e. The molecule has 0 radical (unpaired) electrons. The molecular weight excluding hydrogens is 324 g/mol. The Balaban J connectivity index is 2.60. The Morgan fingerprint density at radius 3 is 2.89 bits per heavy atom. The van der Waals surface area contributed by atoms with Crippen molar-refractivity contribution in [3.8, 4) is 0 Å². The van der Waals surface area contributed by atoms with E-state index in [4.69, 9.17) is 16.3 Å². The first-order chi connectivity index (χ1) is 8.56. The molecule has 18 heavy (non-hydrogen) atoms. The molecule has 0 atom stereocenters. The van der Waals surface area contributed by atoms with Crippen LogP contribution in [0.4, 0.5) is 4.39 Å². The van der Waals surface area contributed by atoms with E-state index < -0.39 is 11.7 Å². The van der Waals surface area contributed by atoms with Gasteiger partial charge in [0.25, 0.3) is 5.91 Å². The van der Waals surface area contributed by atoms with Crippen molar-refractivity contribution >= 4 is 33.4 Å². The number of carbonyl (C=O) groups is 1. The molecule has 0 N–H and O–H groups in total. The minimum atomic E-state index is -0.572. The number of amides is 1. The summed E-state index contributed by atoms with van der Waals surface area (Å²) in [6.07, 6.45) is 0. The molecule has 0 unspecified atom stereocenters. The third kappa shape index (κ3) is 4.55. The predicted octanol–water partition coefficient (Wildman–Crippen LogP) is 2.96. The first-order valence-corrected chi connectivity index (χ1v) is 6.90. The molecule has 1 aromatic carbocycles. The standard InChI is InChI=1S/C12H14BrClFNO2/c1-16(5-7-18-6-4-13)12(17)10-8-9(14)2-3-11(10)15/h2-3,8H,4-7H2,1H3. The van der Waals surface area contributed by atoms with Crippen LogP contribution in [0.2, 0.25) is 5.02 Å². The third-order valence-electron chi connectivity index (χ3n) is 2.30. The zero-order valence-electron chi connectivity index (χ0n) is 9.96. The highest BCUT2D eigenvalue weighted by atomic mass is 79.9. The van der Waals surface area contributed by atoms with Crippen molar-refractivity contribution in [3.05, 3.63) is 34.6 Å². The molecule has 0 aromatic heterocycles. The molecule has 0 bridgehead atoms. The topological polar surface area (TPSA) is 29.5 Å². The number of nitrogens with zero attached hydrogens (tertiary/aromatic N) is 1. The molecule has 0 aliphatic rings. The Kier molecular flexibility index (Phi) is 6.60. The van der Waals surface area contributed by atoms with Crippen LogP contribution in [0.15, 0.2) is 18.2 Å². The van der Waals surface area contributed by atoms with Gasteiger partial charge in [-0.3, -0.25) is 4.79 Å². The maximum absolute atomic E-state index is 13.5. The lowest BCUT2D eigenvalue weighted by atomic mass is 10.2. The van der Waals surface area contributed by atoms with Gasteiger partial charge in [-0.2, -0.15) is 0 Å². The van der Waals surface area contributed by atoms with Gasteiger partial charge in [-0.1, -0.05) is 27.5 Å². The number of alkyl halides is 1. The van der Waals surface area contributed by atoms with Crippen molar-refractivity contribution in [2.45, 2.75) is 0 Å². The first-order valence-electron chi connectivity index (χ1n) is 5.40. The van der Waals surface area contributed by atoms with Crippen molar-refractivity contribution in [2.24, 2.45) is 0 Å². The number of ether oxygens (including phenoxy) is 1. The van der Waals surface area contributed by atoms with Crippen molar-refractivity contribution in [2.75, 3.05) is 32.1 Å². The zero-order chi connectivity index (χ0) is 13.5. The lowest BCUT2D eigenvalue weighted by molar-refractivity contribution is 0.0709. The number of halogens is 3. The number of hydrogen-bond donors (Lipinski definition) is 0. The van der Waals surface area contributed by atoms with Gasteiger partial charge in [0.1, 0.15) is 5.82 Å². The molecule has 0 saturated carbocycles. The molecule has 1 aromatic rings. The minimum absolute atomic E-state index is 0.0227. The third-order valence-corrected chi connectivity index (χ3v) is 2.86. The van der Waals surface area contributed by atoms with Gasteiger partial charge in [-0.05, 0) is 18.2 Å². The van der Waals surface area contributed by atoms with Crippen LogP contribution >= 0.6 is 27.5 Å². The van der Waals surface area contributed by atoms with E-state index in [1.54, 1.807) is 7.05 Å². The maximum atomic E-state index is 13.5. The van der Waals surface area contributed by atoms with Crippen LogP contribution in [0.1, 0.15) is 10.4 Å². The van der Waals surface area contributed by atoms with E-state index in [9.17, 15) is 9.18 Å². The van der Waals surface area contributed by atoms with Crippen LogP contribution in [-0.2, 0) is 4.74 Å². The van der Waals surface area contributed by atoms with Gasteiger partial charge in [0.2, 0.25) is 0 Å². The van der Waals surface area contributed by atoms with Crippen LogP contribution in [0, 0.1) is 5.82 Å². The average molecular weight is 339 g/mol. The lowest BCUT2D eigenvalue weighted by Crippen LogP contribution is -2.31. The summed E-state index contributed by atoms with van der Waals surface area (Å²) in [5, 5.41) is 1.08. The Morgan fingerprint density at radius 1 is 1.50 bits per heavy atom. The summed E-state index contributed by atoms with van der Waals surface area (Å²) in [5.74, 6) is -0.977. The molecule has 0 fully saturated rings. The van der Waals surface area contributed by atoms with Gasteiger partial charge in [-0.25, -0.2) is 4.39 Å². The van der Waals surface area contributed by atoms with Gasteiger partial charge in [0.05, 0.1) is 18.8 Å². The number of hydrogen-bond acceptors (Lipinski definition) is 2. The zero-order valence-corrected chi connectivity index (χ0v) is 12.3. The molecule has 1 amide bonds. The second-order valence-corrected chi connectivity index (χ2v) is 4.88. The highest BCUT2D eigenvalue weighted by Gasteiger charge is 2.16. The van der Waals surface area contributed by atoms with E-state index in [2.05, 4.69) is 15.9 Å². The molecule has 0 aliphatic heterocycles. The summed E-state index contributed by atoms with van der Waals surface area (Å²) >= 11 is 8.97. The predicted molar refractivity (Wildman–Crippen MR) is 73.0 cm³/mol. The molecule has 0 heterocycles. The van der Waals surface area contributed by atoms with Crippen LogP contribution in [0.25, 0.3) is 0 Å². The normalized spacial score (nSPS) is 10.4. The van der Waals surface area contributed by atoms with Gasteiger partial charge < -0.3 is 9.64 Å². The number of benzene rings is 1. The molecule has 6 heteroatoms. The second kappa shape index (κ2) is 7.71. The Labute approximate surface area is 119 Å². The fourth-order valence-corrected chi connectivity index (χ4v) is 1.73. The van der Waals surface area contributed by atoms with Crippen LogP contribution in [0.5, 0.6) is 0 Å². The van der Waals surface area contributed by atoms with E-state index in [1.165, 1.54) is 23.1 Å². The molecule has 1 rings (SSSR count). The fourth-order valence-electron chi connectivity index (χ4n) is 1.33. The smallest absolute Gasteiger partial charge is 0.256 e. The van der Waals surface area contributed by atoms with E-state index in [0.717, 1.165) is 5.33 Å². The Hall–Kier alpha value is -0.650. The summed E-state index contributed by atoms with van der Waals surface area (Å²) < 4.78 is 18.7. The molecular formula is C12H14BrClFNO2. The molecule has 3 nitrogen and oxygen atoms in total. The monoisotopic (exact) mass is 337 g/mol. The number of carbonyl (C=O) groups excluding carboxylic acids is 1. The minimum Gasteiger partial charge on any atom is -0.379 e. The van der Waals surface area contributed by atoms with Crippen molar-refractivity contribution in [1.82, 2.24) is 4.90 Å². The number of likely N-dealkylation sites (N-methyl/N-ethyl adjacent to an activating group) is 1. The van der Waals surface area contributed by atoms with E-state index in [0.29, 0.717) is 24.8 Å². The van der Waals surface area contributed by atoms with Crippen LogP contribution < -0.4 is 0 Å². The quantitative estimate of drug-likeness (QED) is 0.589. The molecule has 0 aliphatic carbocycles. The second-order valence-electron chi connectivity index (χ2n) is 3.65. The Bertz CT molecular complexity index is 417. The summed E-state index contributed by atoms with van der Waals surface area (Å²) in [6, 6.07) is 3.92.